The molecular weight excluding hydrogens is 439 g/mol. The fourth-order valence-electron chi connectivity index (χ4n) is 2.54. The molecule has 0 saturated carbocycles. The van der Waals surface area contributed by atoms with E-state index < -0.39 is 23.6 Å². The Bertz CT molecular complexity index is 845. The summed E-state index contributed by atoms with van der Waals surface area (Å²) in [5, 5.41) is 9.84. The van der Waals surface area contributed by atoms with Crippen LogP contribution in [0.3, 0.4) is 0 Å². The summed E-state index contributed by atoms with van der Waals surface area (Å²) >= 11 is 1.48. The Morgan fingerprint density at radius 2 is 1.84 bits per heavy atom. The average molecular weight is 470 g/mol. The van der Waals surface area contributed by atoms with Crippen LogP contribution in [-0.4, -0.2) is 41.2 Å². The molecule has 0 aromatic heterocycles. The Morgan fingerprint density at radius 3 is 2.38 bits per heavy atom. The minimum atomic E-state index is -4.45. The number of carbonyl (C=O) groups is 1. The van der Waals surface area contributed by atoms with Crippen molar-refractivity contribution in [2.24, 2.45) is 10.9 Å². The summed E-state index contributed by atoms with van der Waals surface area (Å²) in [6.45, 7) is 10.7. The summed E-state index contributed by atoms with van der Waals surface area (Å²) in [5.74, 6) is -0.558. The molecule has 0 aliphatic rings. The Kier molecular flexibility index (Phi) is 11.3. The van der Waals surface area contributed by atoms with Crippen LogP contribution in [0.2, 0.25) is 0 Å². The van der Waals surface area contributed by atoms with Gasteiger partial charge in [0.1, 0.15) is 5.75 Å². The van der Waals surface area contributed by atoms with Gasteiger partial charge in [-0.3, -0.25) is 9.79 Å². The largest absolute Gasteiger partial charge is 0.494 e. The van der Waals surface area contributed by atoms with Crippen LogP contribution in [0.25, 0.3) is 0 Å². The van der Waals surface area contributed by atoms with Crippen molar-refractivity contribution >= 4 is 22.8 Å². The molecule has 0 radical (unpaired) electrons. The standard InChI is InChI=1S/C24H30F3NO3S/c1-16(8-9-18(3)24(25,26)27)19(4)28-22(32-5)7-6-14-31-21-12-10-20(11-13-21)15-17(2)23(29)30/h8-13,17,19H,1,3,6-7,14-15H2,2,4-5H3,(H,29,30)/b9-8-,28-22?. The van der Waals surface area contributed by atoms with E-state index >= 15 is 0 Å². The van der Waals surface area contributed by atoms with Gasteiger partial charge in [0.25, 0.3) is 0 Å². The van der Waals surface area contributed by atoms with Crippen LogP contribution in [0.15, 0.2) is 65.7 Å². The predicted molar refractivity (Wildman–Crippen MR) is 126 cm³/mol. The molecule has 0 heterocycles. The van der Waals surface area contributed by atoms with Gasteiger partial charge in [0, 0.05) is 5.57 Å². The molecule has 1 rings (SSSR count). The molecule has 0 aliphatic heterocycles. The van der Waals surface area contributed by atoms with Crippen molar-refractivity contribution in [1.82, 2.24) is 0 Å². The van der Waals surface area contributed by atoms with Crippen molar-refractivity contribution in [3.8, 4) is 5.75 Å². The van der Waals surface area contributed by atoms with Gasteiger partial charge >= 0.3 is 12.1 Å². The number of rotatable bonds is 12. The third kappa shape index (κ3) is 10.2. The van der Waals surface area contributed by atoms with E-state index in [2.05, 4.69) is 18.2 Å². The molecule has 0 bridgehead atoms. The number of halogens is 3. The first-order chi connectivity index (χ1) is 14.9. The van der Waals surface area contributed by atoms with E-state index in [4.69, 9.17) is 9.84 Å². The second kappa shape index (κ2) is 13.2. The summed E-state index contributed by atoms with van der Waals surface area (Å²) in [4.78, 5) is 15.5. The lowest BCUT2D eigenvalue weighted by Gasteiger charge is -2.12. The molecule has 0 fully saturated rings. The molecule has 1 aromatic rings. The number of ether oxygens (including phenoxy) is 1. The highest BCUT2D eigenvalue weighted by Gasteiger charge is 2.29. The number of hydrogen-bond donors (Lipinski definition) is 1. The average Bonchev–Trinajstić information content (AvgIpc) is 2.73. The highest BCUT2D eigenvalue weighted by Crippen LogP contribution is 2.25. The van der Waals surface area contributed by atoms with Crippen molar-refractivity contribution in [2.75, 3.05) is 12.9 Å². The van der Waals surface area contributed by atoms with Crippen LogP contribution >= 0.6 is 11.8 Å². The molecule has 1 N–H and O–H groups in total. The number of thioether (sulfide) groups is 1. The van der Waals surface area contributed by atoms with Crippen molar-refractivity contribution in [2.45, 2.75) is 45.3 Å². The number of carboxylic acids is 1. The molecule has 0 aliphatic carbocycles. The van der Waals surface area contributed by atoms with Gasteiger partial charge in [0.2, 0.25) is 0 Å². The summed E-state index contributed by atoms with van der Waals surface area (Å²) in [6, 6.07) is 7.01. The second-order valence-electron chi connectivity index (χ2n) is 7.37. The molecule has 0 amide bonds. The Labute approximate surface area is 192 Å². The topological polar surface area (TPSA) is 58.9 Å². The zero-order valence-electron chi connectivity index (χ0n) is 18.6. The highest BCUT2D eigenvalue weighted by atomic mass is 32.2. The van der Waals surface area contributed by atoms with E-state index in [1.807, 2.05) is 30.5 Å². The Balaban J connectivity index is 2.50. The fourth-order valence-corrected chi connectivity index (χ4v) is 3.15. The monoisotopic (exact) mass is 469 g/mol. The first-order valence-corrected chi connectivity index (χ1v) is 11.3. The first-order valence-electron chi connectivity index (χ1n) is 10.1. The van der Waals surface area contributed by atoms with E-state index in [-0.39, 0.29) is 6.04 Å². The zero-order valence-corrected chi connectivity index (χ0v) is 19.4. The predicted octanol–water partition coefficient (Wildman–Crippen LogP) is 6.49. The number of benzene rings is 1. The molecule has 1 aromatic carbocycles. The maximum atomic E-state index is 12.5. The highest BCUT2D eigenvalue weighted by molar-refractivity contribution is 8.13. The van der Waals surface area contributed by atoms with Gasteiger partial charge in [-0.25, -0.2) is 0 Å². The first kappa shape index (κ1) is 27.6. The van der Waals surface area contributed by atoms with Crippen molar-refractivity contribution in [1.29, 1.82) is 0 Å². The van der Waals surface area contributed by atoms with Crippen LogP contribution in [-0.2, 0) is 11.2 Å². The number of aliphatic carboxylic acids is 1. The smallest absolute Gasteiger partial charge is 0.415 e. The minimum Gasteiger partial charge on any atom is -0.494 e. The SMILES string of the molecule is C=C(/C=C\C(=C)C(F)(F)F)C(C)N=C(CCCOc1ccc(CC(C)C(=O)O)cc1)SC. The van der Waals surface area contributed by atoms with Crippen LogP contribution in [0.1, 0.15) is 32.3 Å². The molecule has 0 saturated heterocycles. The molecule has 176 valence electrons. The molecule has 32 heavy (non-hydrogen) atoms. The number of allylic oxidation sites excluding steroid dienone is 2. The van der Waals surface area contributed by atoms with Gasteiger partial charge in [-0.05, 0) is 55.7 Å². The second-order valence-corrected chi connectivity index (χ2v) is 8.25. The molecule has 4 nitrogen and oxygen atoms in total. The maximum absolute atomic E-state index is 12.5. The maximum Gasteiger partial charge on any atom is 0.415 e. The summed E-state index contributed by atoms with van der Waals surface area (Å²) in [6.07, 6.45) is 1.51. The number of carboxylic acid groups (broad SMARTS) is 1. The van der Waals surface area contributed by atoms with Gasteiger partial charge in [0.05, 0.1) is 23.6 Å². The normalized spacial score (nSPS) is 14.2. The lowest BCUT2D eigenvalue weighted by atomic mass is 10.0. The van der Waals surface area contributed by atoms with Gasteiger partial charge < -0.3 is 9.84 Å². The number of alkyl halides is 3. The van der Waals surface area contributed by atoms with Gasteiger partial charge in [-0.2, -0.15) is 13.2 Å². The Hall–Kier alpha value is -2.48. The third-order valence-electron chi connectivity index (χ3n) is 4.66. The van der Waals surface area contributed by atoms with Crippen LogP contribution in [0.4, 0.5) is 13.2 Å². The van der Waals surface area contributed by atoms with Crippen molar-refractivity contribution < 1.29 is 27.8 Å². The molecular formula is C24H30F3NO3S. The van der Waals surface area contributed by atoms with E-state index in [0.717, 1.165) is 23.1 Å². The summed E-state index contributed by atoms with van der Waals surface area (Å²) < 4.78 is 43.3. The van der Waals surface area contributed by atoms with Crippen LogP contribution in [0.5, 0.6) is 5.75 Å². The van der Waals surface area contributed by atoms with Gasteiger partial charge in [0.15, 0.2) is 0 Å². The number of hydrogen-bond acceptors (Lipinski definition) is 4. The van der Waals surface area contributed by atoms with Crippen LogP contribution < -0.4 is 4.74 Å². The van der Waals surface area contributed by atoms with Gasteiger partial charge in [-0.15, -0.1) is 11.8 Å². The number of aliphatic imine (C=N–C) groups is 1. The van der Waals surface area contributed by atoms with E-state index in [9.17, 15) is 18.0 Å². The fraction of sp³-hybridized carbons (Fsp3) is 0.417. The number of nitrogens with zero attached hydrogens (tertiary/aromatic N) is 1. The van der Waals surface area contributed by atoms with Crippen molar-refractivity contribution in [3.63, 3.8) is 0 Å². The third-order valence-corrected chi connectivity index (χ3v) is 5.44. The molecule has 0 spiro atoms. The lowest BCUT2D eigenvalue weighted by Crippen LogP contribution is -2.12. The zero-order chi connectivity index (χ0) is 24.3. The van der Waals surface area contributed by atoms with Gasteiger partial charge in [-0.1, -0.05) is 44.4 Å². The summed E-state index contributed by atoms with van der Waals surface area (Å²) in [7, 11) is 0. The van der Waals surface area contributed by atoms with Crippen LogP contribution in [0, 0.1) is 5.92 Å². The molecule has 2 atom stereocenters. The minimum absolute atomic E-state index is 0.351. The van der Waals surface area contributed by atoms with E-state index in [0.29, 0.717) is 30.8 Å². The quantitative estimate of drug-likeness (QED) is 0.165. The van der Waals surface area contributed by atoms with Crippen molar-refractivity contribution in [3.05, 3.63) is 66.3 Å². The van der Waals surface area contributed by atoms with E-state index in [1.165, 1.54) is 17.8 Å². The van der Waals surface area contributed by atoms with E-state index in [1.54, 1.807) is 13.8 Å². The lowest BCUT2D eigenvalue weighted by molar-refractivity contribution is -0.141. The Morgan fingerprint density at radius 1 is 1.22 bits per heavy atom. The molecule has 2 unspecified atom stereocenters. The molecule has 8 heteroatoms. The summed E-state index contributed by atoms with van der Waals surface area (Å²) in [5.41, 5.74) is 0.475.